The van der Waals surface area contributed by atoms with Crippen LogP contribution in [0.3, 0.4) is 0 Å². The molecule has 2 aliphatic heterocycles. The molecular weight excluding hydrogens is 516 g/mol. The van der Waals surface area contributed by atoms with Gasteiger partial charge in [-0.1, -0.05) is 30.3 Å². The van der Waals surface area contributed by atoms with E-state index in [1.807, 2.05) is 11.9 Å². The fourth-order valence-corrected chi connectivity index (χ4v) is 5.12. The van der Waals surface area contributed by atoms with Crippen LogP contribution in [0.5, 0.6) is 0 Å². The number of esters is 2. The van der Waals surface area contributed by atoms with Gasteiger partial charge in [0, 0.05) is 32.2 Å². The number of carbonyl (C=O) groups is 2. The van der Waals surface area contributed by atoms with Crippen molar-refractivity contribution in [3.8, 4) is 6.07 Å². The quantitative estimate of drug-likeness (QED) is 0.323. The molecule has 2 aromatic carbocycles. The minimum Gasteiger partial charge on any atom is -0.466 e. The maximum absolute atomic E-state index is 13.4. The lowest BCUT2D eigenvalue weighted by molar-refractivity contribution is -0.384. The van der Waals surface area contributed by atoms with E-state index in [2.05, 4.69) is 11.0 Å². The number of nitro groups is 1. The summed E-state index contributed by atoms with van der Waals surface area (Å²) in [5.74, 6) is -2.86. The van der Waals surface area contributed by atoms with Crippen molar-refractivity contribution in [2.24, 2.45) is 5.73 Å². The van der Waals surface area contributed by atoms with E-state index in [0.29, 0.717) is 43.0 Å². The summed E-state index contributed by atoms with van der Waals surface area (Å²) in [6, 6.07) is 13.8. The predicted octanol–water partition coefficient (Wildman–Crippen LogP) is 2.55. The average Bonchev–Trinajstić information content (AvgIpc) is 2.96. The predicted molar refractivity (Wildman–Crippen MR) is 147 cm³/mol. The summed E-state index contributed by atoms with van der Waals surface area (Å²) in [6.07, 6.45) is 0. The average molecular weight is 547 g/mol. The first-order chi connectivity index (χ1) is 19.1. The van der Waals surface area contributed by atoms with E-state index < -0.39 is 22.8 Å². The van der Waals surface area contributed by atoms with Gasteiger partial charge in [-0.05, 0) is 31.2 Å². The number of methoxy groups -OCH3 is 2. The molecule has 0 radical (unpaired) electrons. The fraction of sp³-hybridized carbons (Fsp3) is 0.321. The van der Waals surface area contributed by atoms with Gasteiger partial charge < -0.3 is 25.0 Å². The zero-order chi connectivity index (χ0) is 29.1. The second-order valence-corrected chi connectivity index (χ2v) is 9.51. The van der Waals surface area contributed by atoms with E-state index in [9.17, 15) is 25.0 Å². The van der Waals surface area contributed by atoms with E-state index in [1.54, 1.807) is 43.3 Å². The Morgan fingerprint density at radius 1 is 1.05 bits per heavy atom. The van der Waals surface area contributed by atoms with Crippen LogP contribution >= 0.6 is 0 Å². The Hall–Kier alpha value is -4.89. The van der Waals surface area contributed by atoms with Crippen LogP contribution in [0, 0.1) is 28.4 Å². The van der Waals surface area contributed by atoms with Crippen LogP contribution in [0.15, 0.2) is 65.1 Å². The third-order valence-electron chi connectivity index (χ3n) is 7.19. The van der Waals surface area contributed by atoms with Gasteiger partial charge in [0.15, 0.2) is 0 Å². The molecule has 0 amide bonds. The van der Waals surface area contributed by atoms with Crippen molar-refractivity contribution in [3.63, 3.8) is 0 Å². The first-order valence-corrected chi connectivity index (χ1v) is 12.5. The highest BCUT2D eigenvalue weighted by Crippen LogP contribution is 2.45. The molecule has 208 valence electrons. The molecule has 0 saturated carbocycles. The summed E-state index contributed by atoms with van der Waals surface area (Å²) in [7, 11) is 4.31. The number of hydrogen-bond donors (Lipinski definition) is 1. The number of nitriles is 1. The van der Waals surface area contributed by atoms with Crippen molar-refractivity contribution in [3.05, 3.63) is 86.4 Å². The fourth-order valence-electron chi connectivity index (χ4n) is 5.12. The summed E-state index contributed by atoms with van der Waals surface area (Å²) >= 11 is 0. The van der Waals surface area contributed by atoms with Gasteiger partial charge >= 0.3 is 11.9 Å². The molecule has 0 spiro atoms. The summed E-state index contributed by atoms with van der Waals surface area (Å²) in [5, 5.41) is 22.3. The Morgan fingerprint density at radius 3 is 2.23 bits per heavy atom. The third-order valence-corrected chi connectivity index (χ3v) is 7.19. The van der Waals surface area contributed by atoms with E-state index >= 15 is 0 Å². The molecule has 1 unspecified atom stereocenters. The van der Waals surface area contributed by atoms with Crippen molar-refractivity contribution < 1.29 is 24.0 Å². The molecule has 1 saturated heterocycles. The number of nitro benzene ring substituents is 1. The number of anilines is 2. The Morgan fingerprint density at radius 2 is 1.68 bits per heavy atom. The topological polar surface area (TPSA) is 155 Å². The smallest absolute Gasteiger partial charge is 0.355 e. The van der Waals surface area contributed by atoms with Gasteiger partial charge in [0.2, 0.25) is 0 Å². The molecule has 1 atom stereocenters. The number of hydrogen-bond acceptors (Lipinski definition) is 11. The standard InChI is InChI=1S/C28H30N6O6/c1-17-14-22(34(37)38)21(32-12-10-31(2)11-13-32)15-20(17)33-25(28(36)40-4)24(27(35)39-3)23(19(16-29)26(33)30)18-8-6-5-7-9-18/h5-9,14-15,23H,10-13,30H2,1-4H3. The first kappa shape index (κ1) is 28.1. The van der Waals surface area contributed by atoms with Gasteiger partial charge in [-0.25, -0.2) is 9.59 Å². The largest absolute Gasteiger partial charge is 0.466 e. The molecule has 40 heavy (non-hydrogen) atoms. The molecule has 0 bridgehead atoms. The van der Waals surface area contributed by atoms with Gasteiger partial charge in [0.25, 0.3) is 5.69 Å². The summed E-state index contributed by atoms with van der Waals surface area (Å²) in [6.45, 7) is 4.10. The molecule has 2 N–H and O–H groups in total. The molecule has 0 aliphatic carbocycles. The molecule has 2 aromatic rings. The van der Waals surface area contributed by atoms with Crippen molar-refractivity contribution in [2.75, 3.05) is 57.2 Å². The normalized spacial score (nSPS) is 17.9. The van der Waals surface area contributed by atoms with Crippen molar-refractivity contribution >= 4 is 29.0 Å². The van der Waals surface area contributed by atoms with Crippen molar-refractivity contribution in [1.29, 1.82) is 5.26 Å². The molecule has 2 heterocycles. The number of allylic oxidation sites excluding steroid dienone is 1. The number of nitrogens with two attached hydrogens (primary N) is 1. The number of rotatable bonds is 6. The lowest BCUT2D eigenvalue weighted by Gasteiger charge is -2.38. The first-order valence-electron chi connectivity index (χ1n) is 12.5. The molecule has 2 aliphatic rings. The minimum atomic E-state index is -1.01. The Balaban J connectivity index is 2.04. The highest BCUT2D eigenvalue weighted by molar-refractivity contribution is 6.06. The zero-order valence-electron chi connectivity index (χ0n) is 22.7. The van der Waals surface area contributed by atoms with Crippen LogP contribution in [-0.4, -0.2) is 69.2 Å². The van der Waals surface area contributed by atoms with Crippen molar-refractivity contribution in [2.45, 2.75) is 12.8 Å². The number of piperazine rings is 1. The van der Waals surface area contributed by atoms with Gasteiger partial charge in [0.05, 0.1) is 48.0 Å². The highest BCUT2D eigenvalue weighted by atomic mass is 16.6. The molecule has 1 fully saturated rings. The monoisotopic (exact) mass is 546 g/mol. The molecular formula is C28H30N6O6. The van der Waals surface area contributed by atoms with E-state index in [4.69, 9.17) is 15.2 Å². The van der Waals surface area contributed by atoms with E-state index in [1.165, 1.54) is 18.1 Å². The number of ether oxygens (including phenoxy) is 2. The van der Waals surface area contributed by atoms with Crippen LogP contribution < -0.4 is 15.5 Å². The van der Waals surface area contributed by atoms with Crippen molar-refractivity contribution in [1.82, 2.24) is 4.90 Å². The maximum atomic E-state index is 13.4. The zero-order valence-corrected chi connectivity index (χ0v) is 22.7. The Bertz CT molecular complexity index is 1450. The lowest BCUT2D eigenvalue weighted by Crippen LogP contribution is -2.45. The summed E-state index contributed by atoms with van der Waals surface area (Å²) in [4.78, 5) is 43.6. The van der Waals surface area contributed by atoms with Gasteiger partial charge in [-0.3, -0.25) is 15.0 Å². The van der Waals surface area contributed by atoms with Crippen LogP contribution in [-0.2, 0) is 19.1 Å². The number of carbonyl (C=O) groups excluding carboxylic acids is 2. The number of nitrogens with zero attached hydrogens (tertiary/aromatic N) is 5. The maximum Gasteiger partial charge on any atom is 0.355 e. The summed E-state index contributed by atoms with van der Waals surface area (Å²) in [5.41, 5.74) is 7.73. The van der Waals surface area contributed by atoms with Crippen LogP contribution in [0.25, 0.3) is 0 Å². The van der Waals surface area contributed by atoms with E-state index in [0.717, 1.165) is 7.11 Å². The molecule has 4 rings (SSSR count). The number of likely N-dealkylation sites (N-methyl/N-ethyl adjacent to an activating group) is 1. The number of aryl methyl sites for hydroxylation is 1. The molecule has 12 heteroatoms. The SMILES string of the molecule is COC(=O)C1=C(C(=O)OC)N(c2cc(N3CCN(C)CC3)c([N+](=O)[O-])cc2C)C(N)=C(C#N)C1c1ccccc1. The van der Waals surface area contributed by atoms with Gasteiger partial charge in [-0.2, -0.15) is 5.26 Å². The summed E-state index contributed by atoms with van der Waals surface area (Å²) < 4.78 is 10.2. The Kier molecular flexibility index (Phi) is 8.06. The number of benzene rings is 2. The minimum absolute atomic E-state index is 0.0122. The van der Waals surface area contributed by atoms with Gasteiger partial charge in [0.1, 0.15) is 17.2 Å². The van der Waals surface area contributed by atoms with Crippen LogP contribution in [0.1, 0.15) is 17.0 Å². The van der Waals surface area contributed by atoms with E-state index in [-0.39, 0.29) is 34.0 Å². The van der Waals surface area contributed by atoms with Crippen LogP contribution in [0.4, 0.5) is 17.1 Å². The highest BCUT2D eigenvalue weighted by Gasteiger charge is 2.43. The second kappa shape index (κ2) is 11.5. The van der Waals surface area contributed by atoms with Crippen LogP contribution in [0.2, 0.25) is 0 Å². The second-order valence-electron chi connectivity index (χ2n) is 9.51. The lowest BCUT2D eigenvalue weighted by atomic mass is 9.80. The molecule has 0 aromatic heterocycles. The van der Waals surface area contributed by atoms with Gasteiger partial charge in [-0.15, -0.1) is 0 Å². The molecule has 12 nitrogen and oxygen atoms in total. The Labute approximate surface area is 231 Å². The third kappa shape index (κ3) is 4.94.